The van der Waals surface area contributed by atoms with Gasteiger partial charge in [-0.25, -0.2) is 9.48 Å². The fourth-order valence-electron chi connectivity index (χ4n) is 1.03. The first-order valence-corrected chi connectivity index (χ1v) is 4.76. The average molecular weight is 246 g/mol. The van der Waals surface area contributed by atoms with Crippen LogP contribution in [0.15, 0.2) is 18.7 Å². The number of alkyl halides is 2. The van der Waals surface area contributed by atoms with Crippen molar-refractivity contribution in [1.82, 2.24) is 9.78 Å². The summed E-state index contributed by atoms with van der Waals surface area (Å²) < 4.78 is 34.0. The largest absolute Gasteiger partial charge is 0.454 e. The van der Waals surface area contributed by atoms with Crippen LogP contribution in [-0.4, -0.2) is 28.5 Å². The number of halogens is 2. The molecule has 0 unspecified atom stereocenters. The topological polar surface area (TPSA) is 53.4 Å². The summed E-state index contributed by atoms with van der Waals surface area (Å²) in [7, 11) is 1.38. The van der Waals surface area contributed by atoms with Crippen LogP contribution < -0.4 is 4.74 Å². The Kier molecular flexibility index (Phi) is 4.19. The maximum absolute atomic E-state index is 12.0. The number of rotatable bonds is 5. The van der Waals surface area contributed by atoms with Gasteiger partial charge in [-0.2, -0.15) is 13.9 Å². The third-order valence-electron chi connectivity index (χ3n) is 1.88. The second kappa shape index (κ2) is 5.42. The SMILES string of the molecule is C=C[C@@H](C)OC(=O)c1cc(OC(F)F)n(C)n1. The van der Waals surface area contributed by atoms with Crippen molar-refractivity contribution >= 4 is 5.97 Å². The molecule has 0 bridgehead atoms. The lowest BCUT2D eigenvalue weighted by molar-refractivity contribution is -0.0553. The van der Waals surface area contributed by atoms with Gasteiger partial charge >= 0.3 is 12.6 Å². The zero-order valence-corrected chi connectivity index (χ0v) is 9.39. The molecule has 0 aliphatic heterocycles. The number of aryl methyl sites for hydroxylation is 1. The summed E-state index contributed by atoms with van der Waals surface area (Å²) in [6.07, 6.45) is 0.946. The number of hydrogen-bond donors (Lipinski definition) is 0. The van der Waals surface area contributed by atoms with Gasteiger partial charge in [0.2, 0.25) is 5.88 Å². The van der Waals surface area contributed by atoms with Gasteiger partial charge in [-0.1, -0.05) is 12.7 Å². The van der Waals surface area contributed by atoms with E-state index in [0.29, 0.717) is 0 Å². The van der Waals surface area contributed by atoms with Crippen LogP contribution in [0, 0.1) is 0 Å². The van der Waals surface area contributed by atoms with Gasteiger partial charge in [-0.3, -0.25) is 0 Å². The molecule has 1 aromatic heterocycles. The number of hydrogen-bond acceptors (Lipinski definition) is 4. The molecule has 0 saturated heterocycles. The van der Waals surface area contributed by atoms with Gasteiger partial charge in [-0.15, -0.1) is 0 Å². The van der Waals surface area contributed by atoms with Crippen LogP contribution in [0.5, 0.6) is 5.88 Å². The first-order valence-electron chi connectivity index (χ1n) is 4.76. The van der Waals surface area contributed by atoms with Gasteiger partial charge < -0.3 is 9.47 Å². The first-order chi connectivity index (χ1) is 7.93. The van der Waals surface area contributed by atoms with Crippen molar-refractivity contribution in [3.63, 3.8) is 0 Å². The van der Waals surface area contributed by atoms with Gasteiger partial charge in [0.1, 0.15) is 6.10 Å². The van der Waals surface area contributed by atoms with Crippen molar-refractivity contribution in [3.05, 3.63) is 24.4 Å². The molecule has 0 spiro atoms. The smallest absolute Gasteiger partial charge is 0.388 e. The van der Waals surface area contributed by atoms with E-state index in [1.54, 1.807) is 6.92 Å². The molecule has 1 aromatic rings. The molecule has 0 radical (unpaired) electrons. The van der Waals surface area contributed by atoms with E-state index in [1.165, 1.54) is 13.1 Å². The molecule has 1 atom stereocenters. The van der Waals surface area contributed by atoms with E-state index in [1.807, 2.05) is 0 Å². The molecular formula is C10H12F2N2O3. The summed E-state index contributed by atoms with van der Waals surface area (Å²) in [5.41, 5.74) is -0.100. The highest BCUT2D eigenvalue weighted by Crippen LogP contribution is 2.15. The highest BCUT2D eigenvalue weighted by Gasteiger charge is 2.18. The van der Waals surface area contributed by atoms with Crippen molar-refractivity contribution in [3.8, 4) is 5.88 Å². The average Bonchev–Trinajstić information content (AvgIpc) is 2.59. The molecule has 7 heteroatoms. The molecule has 0 N–H and O–H groups in total. The van der Waals surface area contributed by atoms with E-state index < -0.39 is 18.7 Å². The fraction of sp³-hybridized carbons (Fsp3) is 0.400. The molecule has 1 heterocycles. The van der Waals surface area contributed by atoms with Crippen LogP contribution in [0.25, 0.3) is 0 Å². The third-order valence-corrected chi connectivity index (χ3v) is 1.88. The number of carbonyl (C=O) groups is 1. The predicted molar refractivity (Wildman–Crippen MR) is 54.9 cm³/mol. The van der Waals surface area contributed by atoms with Crippen LogP contribution >= 0.6 is 0 Å². The maximum Gasteiger partial charge on any atom is 0.388 e. The zero-order chi connectivity index (χ0) is 13.0. The van der Waals surface area contributed by atoms with Crippen LogP contribution in [0.2, 0.25) is 0 Å². The molecule has 0 aliphatic rings. The molecule has 0 amide bonds. The summed E-state index contributed by atoms with van der Waals surface area (Å²) in [6, 6.07) is 1.09. The predicted octanol–water partition coefficient (Wildman–Crippen LogP) is 1.75. The Bertz CT molecular complexity index is 418. The second-order valence-electron chi connectivity index (χ2n) is 3.22. The Morgan fingerprint density at radius 1 is 1.65 bits per heavy atom. The minimum absolute atomic E-state index is 0.100. The highest BCUT2D eigenvalue weighted by atomic mass is 19.3. The first kappa shape index (κ1) is 13.1. The van der Waals surface area contributed by atoms with E-state index in [-0.39, 0.29) is 11.6 Å². The Morgan fingerprint density at radius 3 is 2.82 bits per heavy atom. The zero-order valence-electron chi connectivity index (χ0n) is 9.39. The fourth-order valence-corrected chi connectivity index (χ4v) is 1.03. The monoisotopic (exact) mass is 246 g/mol. The third kappa shape index (κ3) is 3.54. The van der Waals surface area contributed by atoms with Gasteiger partial charge in [0, 0.05) is 13.1 Å². The van der Waals surface area contributed by atoms with Crippen molar-refractivity contribution in [1.29, 1.82) is 0 Å². The molecule has 1 rings (SSSR count). The van der Waals surface area contributed by atoms with Crippen LogP contribution in [0.1, 0.15) is 17.4 Å². The lowest BCUT2D eigenvalue weighted by Crippen LogP contribution is -2.13. The van der Waals surface area contributed by atoms with Gasteiger partial charge in [0.25, 0.3) is 0 Å². The summed E-state index contributed by atoms with van der Waals surface area (Å²) >= 11 is 0. The van der Waals surface area contributed by atoms with E-state index in [9.17, 15) is 13.6 Å². The number of nitrogens with zero attached hydrogens (tertiary/aromatic N) is 2. The summed E-state index contributed by atoms with van der Waals surface area (Å²) in [6.45, 7) is 2.09. The normalized spacial score (nSPS) is 12.3. The van der Waals surface area contributed by atoms with E-state index in [2.05, 4.69) is 16.4 Å². The quantitative estimate of drug-likeness (QED) is 0.586. The molecule has 94 valence electrons. The molecule has 5 nitrogen and oxygen atoms in total. The molecular weight excluding hydrogens is 234 g/mol. The molecule has 0 fully saturated rings. The number of ether oxygens (including phenoxy) is 2. The van der Waals surface area contributed by atoms with Crippen molar-refractivity contribution < 1.29 is 23.0 Å². The standard InChI is InChI=1S/C10H12F2N2O3/c1-4-6(2)16-9(15)7-5-8(14(3)13-7)17-10(11)12/h4-6,10H,1H2,2-3H3/t6-/m1/s1. The van der Waals surface area contributed by atoms with Crippen LogP contribution in [0.4, 0.5) is 8.78 Å². The number of esters is 1. The van der Waals surface area contributed by atoms with E-state index in [4.69, 9.17) is 4.74 Å². The Morgan fingerprint density at radius 2 is 2.29 bits per heavy atom. The van der Waals surface area contributed by atoms with Gasteiger partial charge in [0.15, 0.2) is 5.69 Å². The summed E-state index contributed by atoms with van der Waals surface area (Å²) in [5.74, 6) is -0.935. The number of aromatic nitrogens is 2. The molecule has 0 saturated carbocycles. The van der Waals surface area contributed by atoms with Gasteiger partial charge in [-0.05, 0) is 6.92 Å². The lowest BCUT2D eigenvalue weighted by atomic mass is 10.4. The minimum Gasteiger partial charge on any atom is -0.454 e. The van der Waals surface area contributed by atoms with Gasteiger partial charge in [0.05, 0.1) is 0 Å². The molecule has 0 aliphatic carbocycles. The van der Waals surface area contributed by atoms with E-state index >= 15 is 0 Å². The molecule has 0 aromatic carbocycles. The minimum atomic E-state index is -2.97. The van der Waals surface area contributed by atoms with Crippen molar-refractivity contribution in [2.24, 2.45) is 7.05 Å². The summed E-state index contributed by atoms with van der Waals surface area (Å²) in [5, 5.41) is 3.70. The number of carbonyl (C=O) groups excluding carboxylic acids is 1. The maximum atomic E-state index is 12.0. The molecule has 17 heavy (non-hydrogen) atoms. The van der Waals surface area contributed by atoms with Crippen LogP contribution in [0.3, 0.4) is 0 Å². The van der Waals surface area contributed by atoms with E-state index in [0.717, 1.165) is 10.7 Å². The van der Waals surface area contributed by atoms with Crippen LogP contribution in [-0.2, 0) is 11.8 Å². The Balaban J connectivity index is 2.78. The second-order valence-corrected chi connectivity index (χ2v) is 3.22. The Hall–Kier alpha value is -1.92. The summed E-state index contributed by atoms with van der Waals surface area (Å²) in [4.78, 5) is 11.5. The lowest BCUT2D eigenvalue weighted by Gasteiger charge is -2.05. The Labute approximate surface area is 96.6 Å². The van der Waals surface area contributed by atoms with Crippen molar-refractivity contribution in [2.75, 3.05) is 0 Å². The van der Waals surface area contributed by atoms with Crippen molar-refractivity contribution in [2.45, 2.75) is 19.6 Å². The highest BCUT2D eigenvalue weighted by molar-refractivity contribution is 5.87.